The first-order valence-electron chi connectivity index (χ1n) is 6.29. The minimum atomic E-state index is -2.93. The maximum Gasteiger partial charge on any atom is 0.166 e. The molecule has 1 aliphatic heterocycles. The van der Waals surface area contributed by atoms with Crippen molar-refractivity contribution in [2.75, 3.05) is 18.6 Å². The molecule has 0 radical (unpaired) electrons. The highest BCUT2D eigenvalue weighted by Gasteiger charge is 2.30. The Morgan fingerprint density at radius 3 is 2.74 bits per heavy atom. The molecule has 104 valence electrons. The van der Waals surface area contributed by atoms with E-state index in [-0.39, 0.29) is 29.6 Å². The first-order valence-corrected chi connectivity index (χ1v) is 8.11. The van der Waals surface area contributed by atoms with Gasteiger partial charge in [0.15, 0.2) is 15.6 Å². The number of carbonyl (C=O) groups excluding carboxylic acids is 1. The molecule has 0 spiro atoms. The van der Waals surface area contributed by atoms with Crippen molar-refractivity contribution in [1.82, 2.24) is 0 Å². The summed E-state index contributed by atoms with van der Waals surface area (Å²) in [5.74, 6) is 0.796. The SMILES string of the molecule is COc1ccc(C)cc1C(=O)CC1CCS(=O)(=O)C1. The van der Waals surface area contributed by atoms with Gasteiger partial charge in [0.2, 0.25) is 0 Å². The molecule has 0 saturated carbocycles. The van der Waals surface area contributed by atoms with Gasteiger partial charge in [0.1, 0.15) is 5.75 Å². The predicted octanol–water partition coefficient (Wildman–Crippen LogP) is 2.01. The lowest BCUT2D eigenvalue weighted by Crippen LogP contribution is -2.11. The van der Waals surface area contributed by atoms with Crippen LogP contribution in [0.1, 0.15) is 28.8 Å². The van der Waals surface area contributed by atoms with E-state index in [1.807, 2.05) is 13.0 Å². The molecule has 1 saturated heterocycles. The zero-order chi connectivity index (χ0) is 14.0. The van der Waals surface area contributed by atoms with Crippen LogP contribution in [0.2, 0.25) is 0 Å². The molecule has 2 rings (SSSR count). The Balaban J connectivity index is 2.14. The molecule has 1 fully saturated rings. The van der Waals surface area contributed by atoms with E-state index < -0.39 is 9.84 Å². The normalized spacial score (nSPS) is 21.3. The van der Waals surface area contributed by atoms with Crippen molar-refractivity contribution >= 4 is 15.6 Å². The summed E-state index contributed by atoms with van der Waals surface area (Å²) in [5, 5.41) is 0. The number of ether oxygens (including phenoxy) is 1. The van der Waals surface area contributed by atoms with Crippen molar-refractivity contribution < 1.29 is 17.9 Å². The third-order valence-electron chi connectivity index (χ3n) is 3.46. The maximum atomic E-state index is 12.3. The standard InChI is InChI=1S/C14H18O4S/c1-10-3-4-14(18-2)12(7-10)13(15)8-11-5-6-19(16,17)9-11/h3-4,7,11H,5-6,8-9H2,1-2H3. The van der Waals surface area contributed by atoms with Crippen molar-refractivity contribution in [3.8, 4) is 5.75 Å². The molecule has 1 aromatic carbocycles. The molecule has 4 nitrogen and oxygen atoms in total. The number of Topliss-reactive ketones (excluding diaryl/α,β-unsaturated/α-hetero) is 1. The number of hydrogen-bond donors (Lipinski definition) is 0. The first-order chi connectivity index (χ1) is 8.91. The average molecular weight is 282 g/mol. The van der Waals surface area contributed by atoms with E-state index in [9.17, 15) is 13.2 Å². The van der Waals surface area contributed by atoms with Gasteiger partial charge in [-0.05, 0) is 31.4 Å². The van der Waals surface area contributed by atoms with Gasteiger partial charge in [-0.15, -0.1) is 0 Å². The molecular formula is C14H18O4S. The van der Waals surface area contributed by atoms with Gasteiger partial charge in [-0.2, -0.15) is 0 Å². The van der Waals surface area contributed by atoms with Crippen molar-refractivity contribution in [1.29, 1.82) is 0 Å². The molecule has 0 aliphatic carbocycles. The molecular weight excluding hydrogens is 264 g/mol. The highest BCUT2D eigenvalue weighted by molar-refractivity contribution is 7.91. The Kier molecular flexibility index (Phi) is 3.94. The smallest absolute Gasteiger partial charge is 0.166 e. The van der Waals surface area contributed by atoms with Crippen LogP contribution >= 0.6 is 0 Å². The molecule has 5 heteroatoms. The van der Waals surface area contributed by atoms with Crippen molar-refractivity contribution in [3.63, 3.8) is 0 Å². The van der Waals surface area contributed by atoms with Gasteiger partial charge < -0.3 is 4.74 Å². The molecule has 0 aromatic heterocycles. The molecule has 1 aromatic rings. The molecule has 0 bridgehead atoms. The van der Waals surface area contributed by atoms with Crippen LogP contribution in [0.25, 0.3) is 0 Å². The van der Waals surface area contributed by atoms with E-state index in [0.717, 1.165) is 5.56 Å². The largest absolute Gasteiger partial charge is 0.496 e. The number of hydrogen-bond acceptors (Lipinski definition) is 4. The van der Waals surface area contributed by atoms with E-state index in [2.05, 4.69) is 0 Å². The number of rotatable bonds is 4. The molecule has 19 heavy (non-hydrogen) atoms. The van der Waals surface area contributed by atoms with Crippen LogP contribution in [-0.2, 0) is 9.84 Å². The summed E-state index contributed by atoms with van der Waals surface area (Å²) in [5.41, 5.74) is 1.54. The van der Waals surface area contributed by atoms with Crippen molar-refractivity contribution in [3.05, 3.63) is 29.3 Å². The van der Waals surface area contributed by atoms with Crippen molar-refractivity contribution in [2.24, 2.45) is 5.92 Å². The van der Waals surface area contributed by atoms with E-state index >= 15 is 0 Å². The Labute approximate surface area is 113 Å². The zero-order valence-corrected chi connectivity index (χ0v) is 12.0. The summed E-state index contributed by atoms with van der Waals surface area (Å²) in [4.78, 5) is 12.3. The Morgan fingerprint density at radius 2 is 2.16 bits per heavy atom. The third kappa shape index (κ3) is 3.35. The van der Waals surface area contributed by atoms with Crippen LogP contribution in [-0.4, -0.2) is 32.8 Å². The fourth-order valence-corrected chi connectivity index (χ4v) is 4.31. The molecule has 0 N–H and O–H groups in total. The van der Waals surface area contributed by atoms with Crippen LogP contribution in [0.15, 0.2) is 18.2 Å². The summed E-state index contributed by atoms with van der Waals surface area (Å²) in [6.07, 6.45) is 0.862. The highest BCUT2D eigenvalue weighted by Crippen LogP contribution is 2.27. The summed E-state index contributed by atoms with van der Waals surface area (Å²) in [7, 11) is -1.40. The topological polar surface area (TPSA) is 60.4 Å². The zero-order valence-electron chi connectivity index (χ0n) is 11.2. The number of ketones is 1. The molecule has 1 atom stereocenters. The summed E-state index contributed by atoms with van der Waals surface area (Å²) in [6, 6.07) is 5.45. The summed E-state index contributed by atoms with van der Waals surface area (Å²) >= 11 is 0. The second-order valence-corrected chi connectivity index (χ2v) is 7.33. The summed E-state index contributed by atoms with van der Waals surface area (Å²) < 4.78 is 28.0. The van der Waals surface area contributed by atoms with Crippen LogP contribution in [0, 0.1) is 12.8 Å². The van der Waals surface area contributed by atoms with Gasteiger partial charge in [-0.25, -0.2) is 8.42 Å². The van der Waals surface area contributed by atoms with E-state index in [1.54, 1.807) is 12.1 Å². The number of carbonyl (C=O) groups is 1. The average Bonchev–Trinajstić information content (AvgIpc) is 2.68. The van der Waals surface area contributed by atoms with Gasteiger partial charge in [-0.1, -0.05) is 11.6 Å². The predicted molar refractivity (Wildman–Crippen MR) is 73.4 cm³/mol. The number of benzene rings is 1. The van der Waals surface area contributed by atoms with Crippen molar-refractivity contribution in [2.45, 2.75) is 19.8 Å². The van der Waals surface area contributed by atoms with Gasteiger partial charge in [-0.3, -0.25) is 4.79 Å². The van der Waals surface area contributed by atoms with Crippen LogP contribution in [0.5, 0.6) is 5.75 Å². The number of sulfone groups is 1. The number of methoxy groups -OCH3 is 1. The van der Waals surface area contributed by atoms with Gasteiger partial charge >= 0.3 is 0 Å². The summed E-state index contributed by atoms with van der Waals surface area (Å²) in [6.45, 7) is 1.91. The van der Waals surface area contributed by atoms with E-state index in [0.29, 0.717) is 17.7 Å². The fourth-order valence-electron chi connectivity index (χ4n) is 2.44. The van der Waals surface area contributed by atoms with E-state index in [4.69, 9.17) is 4.74 Å². The quantitative estimate of drug-likeness (QED) is 0.793. The Hall–Kier alpha value is -1.36. The second kappa shape index (κ2) is 5.33. The molecule has 0 amide bonds. The van der Waals surface area contributed by atoms with Crippen LogP contribution in [0.4, 0.5) is 0 Å². The third-order valence-corrected chi connectivity index (χ3v) is 5.29. The minimum Gasteiger partial charge on any atom is -0.496 e. The van der Waals surface area contributed by atoms with Crippen LogP contribution < -0.4 is 4.74 Å². The maximum absolute atomic E-state index is 12.3. The van der Waals surface area contributed by atoms with Gasteiger partial charge in [0, 0.05) is 6.42 Å². The number of aryl methyl sites for hydroxylation is 1. The fraction of sp³-hybridized carbons (Fsp3) is 0.500. The van der Waals surface area contributed by atoms with Gasteiger partial charge in [0.05, 0.1) is 24.2 Å². The molecule has 1 heterocycles. The lowest BCUT2D eigenvalue weighted by molar-refractivity contribution is 0.0962. The second-order valence-electron chi connectivity index (χ2n) is 5.10. The van der Waals surface area contributed by atoms with Crippen LogP contribution in [0.3, 0.4) is 0 Å². The highest BCUT2D eigenvalue weighted by atomic mass is 32.2. The monoisotopic (exact) mass is 282 g/mol. The lowest BCUT2D eigenvalue weighted by Gasteiger charge is -2.11. The van der Waals surface area contributed by atoms with E-state index in [1.165, 1.54) is 7.11 Å². The Morgan fingerprint density at radius 1 is 1.42 bits per heavy atom. The molecule has 1 aliphatic rings. The van der Waals surface area contributed by atoms with Gasteiger partial charge in [0.25, 0.3) is 0 Å². The minimum absolute atomic E-state index is 0.0392. The lowest BCUT2D eigenvalue weighted by atomic mass is 9.96. The molecule has 1 unspecified atom stereocenters. The first kappa shape index (κ1) is 14.1. The Bertz CT molecular complexity index is 589.